The summed E-state index contributed by atoms with van der Waals surface area (Å²) in [7, 11) is 1.57. The van der Waals surface area contributed by atoms with Crippen molar-refractivity contribution < 1.29 is 23.8 Å². The predicted molar refractivity (Wildman–Crippen MR) is 130 cm³/mol. The van der Waals surface area contributed by atoms with Crippen molar-refractivity contribution in [3.8, 4) is 11.5 Å². The van der Waals surface area contributed by atoms with Crippen molar-refractivity contribution in [2.75, 3.05) is 13.7 Å². The van der Waals surface area contributed by atoms with E-state index in [1.165, 1.54) is 0 Å². The standard InChI is InChI=1S/C27H28ClNO5/c1-4-33-27(31)24-16(2)29-20-9-6-10-21(30)26(20)25(24)18-11-12-22(23(14-18)32-3)34-15-17-7-5-8-19(28)13-17/h5,7-8,11-14,25,29H,4,6,9-10,15H2,1-3H3/t25-/m1/s1. The van der Waals surface area contributed by atoms with E-state index in [0.29, 0.717) is 46.4 Å². The first-order chi connectivity index (χ1) is 16.4. The lowest BCUT2D eigenvalue weighted by Crippen LogP contribution is -2.34. The Labute approximate surface area is 204 Å². The Balaban J connectivity index is 1.71. The normalized spacial score (nSPS) is 17.8. The third-order valence-electron chi connectivity index (χ3n) is 6.08. The average Bonchev–Trinajstić information content (AvgIpc) is 2.82. The Morgan fingerprint density at radius 3 is 2.71 bits per heavy atom. The van der Waals surface area contributed by atoms with Gasteiger partial charge in [-0.05, 0) is 62.1 Å². The molecule has 0 amide bonds. The number of rotatable bonds is 7. The molecule has 0 bridgehead atoms. The van der Waals surface area contributed by atoms with Gasteiger partial charge in [-0.15, -0.1) is 0 Å². The molecule has 0 spiro atoms. The second-order valence-corrected chi connectivity index (χ2v) is 8.75. The van der Waals surface area contributed by atoms with Crippen LogP contribution in [-0.4, -0.2) is 25.5 Å². The SMILES string of the molecule is CCOC(=O)C1=C(C)NC2=C(C(=O)CCC2)[C@@H]1c1ccc(OCc2cccc(Cl)c2)c(OC)c1. The van der Waals surface area contributed by atoms with E-state index < -0.39 is 11.9 Å². The van der Waals surface area contributed by atoms with Crippen LogP contribution in [0.15, 0.2) is 65.0 Å². The van der Waals surface area contributed by atoms with Gasteiger partial charge >= 0.3 is 5.97 Å². The number of esters is 1. The molecule has 1 heterocycles. The molecule has 0 unspecified atom stereocenters. The number of hydrogen-bond acceptors (Lipinski definition) is 6. The van der Waals surface area contributed by atoms with Crippen LogP contribution in [0.4, 0.5) is 0 Å². The number of nitrogens with one attached hydrogen (secondary N) is 1. The van der Waals surface area contributed by atoms with E-state index in [-0.39, 0.29) is 12.4 Å². The van der Waals surface area contributed by atoms with Crippen molar-refractivity contribution in [3.05, 3.63) is 81.2 Å². The van der Waals surface area contributed by atoms with Crippen molar-refractivity contribution in [2.24, 2.45) is 0 Å². The molecule has 0 radical (unpaired) electrons. The summed E-state index contributed by atoms with van der Waals surface area (Å²) in [5, 5.41) is 3.93. The molecule has 178 valence electrons. The van der Waals surface area contributed by atoms with Crippen molar-refractivity contribution >= 4 is 23.4 Å². The van der Waals surface area contributed by atoms with Crippen LogP contribution in [0.2, 0.25) is 5.02 Å². The molecule has 1 aliphatic heterocycles. The van der Waals surface area contributed by atoms with Gasteiger partial charge < -0.3 is 19.5 Å². The van der Waals surface area contributed by atoms with Crippen molar-refractivity contribution in [1.29, 1.82) is 0 Å². The lowest BCUT2D eigenvalue weighted by Gasteiger charge is -2.34. The first kappa shape index (κ1) is 23.9. The molecule has 1 aliphatic carbocycles. The Kier molecular flexibility index (Phi) is 7.27. The van der Waals surface area contributed by atoms with Gasteiger partial charge in [-0.3, -0.25) is 4.79 Å². The smallest absolute Gasteiger partial charge is 0.336 e. The number of halogens is 1. The van der Waals surface area contributed by atoms with Gasteiger partial charge in [0.1, 0.15) is 6.61 Å². The highest BCUT2D eigenvalue weighted by Crippen LogP contribution is 2.44. The van der Waals surface area contributed by atoms with Gasteiger partial charge in [0.15, 0.2) is 17.3 Å². The third-order valence-corrected chi connectivity index (χ3v) is 6.31. The minimum Gasteiger partial charge on any atom is -0.493 e. The number of ether oxygens (including phenoxy) is 3. The van der Waals surface area contributed by atoms with E-state index in [2.05, 4.69) is 5.32 Å². The molecule has 0 fully saturated rings. The van der Waals surface area contributed by atoms with Gasteiger partial charge in [0.05, 0.1) is 19.3 Å². The van der Waals surface area contributed by atoms with E-state index in [1.54, 1.807) is 14.0 Å². The van der Waals surface area contributed by atoms with Crippen LogP contribution >= 0.6 is 11.6 Å². The van der Waals surface area contributed by atoms with Crippen molar-refractivity contribution in [2.45, 2.75) is 45.6 Å². The van der Waals surface area contributed by atoms with Crippen LogP contribution < -0.4 is 14.8 Å². The molecule has 2 aliphatic rings. The van der Waals surface area contributed by atoms with Crippen LogP contribution in [0, 0.1) is 0 Å². The number of methoxy groups -OCH3 is 1. The Bertz CT molecular complexity index is 1180. The van der Waals surface area contributed by atoms with E-state index in [0.717, 1.165) is 29.7 Å². The van der Waals surface area contributed by atoms with Crippen LogP contribution in [0.5, 0.6) is 11.5 Å². The summed E-state index contributed by atoms with van der Waals surface area (Å²) in [6, 6.07) is 13.0. The van der Waals surface area contributed by atoms with E-state index in [4.69, 9.17) is 25.8 Å². The Morgan fingerprint density at radius 2 is 1.97 bits per heavy atom. The first-order valence-corrected chi connectivity index (χ1v) is 11.8. The monoisotopic (exact) mass is 481 g/mol. The van der Waals surface area contributed by atoms with Crippen LogP contribution in [0.1, 0.15) is 50.2 Å². The van der Waals surface area contributed by atoms with E-state index in [1.807, 2.05) is 49.4 Å². The highest BCUT2D eigenvalue weighted by molar-refractivity contribution is 6.30. The minimum absolute atomic E-state index is 0.0494. The molecule has 34 heavy (non-hydrogen) atoms. The summed E-state index contributed by atoms with van der Waals surface area (Å²) < 4.78 is 17.0. The number of dihydropyridines is 1. The average molecular weight is 482 g/mol. The van der Waals surface area contributed by atoms with E-state index >= 15 is 0 Å². The molecule has 0 saturated heterocycles. The summed E-state index contributed by atoms with van der Waals surface area (Å²) in [5.74, 6) is 0.169. The van der Waals surface area contributed by atoms with Gasteiger partial charge in [0.25, 0.3) is 0 Å². The van der Waals surface area contributed by atoms with Crippen LogP contribution in [-0.2, 0) is 20.9 Å². The molecule has 4 rings (SSSR count). The quantitative estimate of drug-likeness (QED) is 0.529. The number of hydrogen-bond donors (Lipinski definition) is 1. The minimum atomic E-state index is -0.529. The fraction of sp³-hybridized carbons (Fsp3) is 0.333. The second-order valence-electron chi connectivity index (χ2n) is 8.32. The molecule has 2 aromatic rings. The molecule has 7 heteroatoms. The van der Waals surface area contributed by atoms with Gasteiger partial charge in [0, 0.05) is 34.3 Å². The first-order valence-electron chi connectivity index (χ1n) is 11.4. The highest BCUT2D eigenvalue weighted by atomic mass is 35.5. The maximum atomic E-state index is 13.0. The molecule has 6 nitrogen and oxygen atoms in total. The molecular formula is C27H28ClNO5. The second kappa shape index (κ2) is 10.3. The van der Waals surface area contributed by atoms with Gasteiger partial charge in [-0.1, -0.05) is 29.8 Å². The lowest BCUT2D eigenvalue weighted by atomic mass is 9.75. The Morgan fingerprint density at radius 1 is 1.15 bits per heavy atom. The number of ketones is 1. The summed E-state index contributed by atoms with van der Waals surface area (Å²) in [6.45, 7) is 4.19. The molecule has 0 saturated carbocycles. The topological polar surface area (TPSA) is 73.9 Å². The lowest BCUT2D eigenvalue weighted by molar-refractivity contribution is -0.138. The molecule has 0 aromatic heterocycles. The fourth-order valence-corrected chi connectivity index (χ4v) is 4.78. The van der Waals surface area contributed by atoms with Gasteiger partial charge in [-0.25, -0.2) is 4.79 Å². The van der Waals surface area contributed by atoms with Crippen LogP contribution in [0.25, 0.3) is 0 Å². The molecular weight excluding hydrogens is 454 g/mol. The zero-order valence-electron chi connectivity index (χ0n) is 19.6. The number of allylic oxidation sites excluding steroid dienone is 3. The molecule has 1 atom stereocenters. The molecule has 1 N–H and O–H groups in total. The molecule has 2 aromatic carbocycles. The van der Waals surface area contributed by atoms with Crippen LogP contribution in [0.3, 0.4) is 0 Å². The number of carbonyl (C=O) groups excluding carboxylic acids is 2. The van der Waals surface area contributed by atoms with Crippen molar-refractivity contribution in [1.82, 2.24) is 5.32 Å². The third kappa shape index (κ3) is 4.82. The summed E-state index contributed by atoms with van der Waals surface area (Å²) in [6.07, 6.45) is 2.02. The summed E-state index contributed by atoms with van der Waals surface area (Å²) in [5.41, 5.74) is 4.38. The Hall–Kier alpha value is -3.25. The number of carbonyl (C=O) groups is 2. The van der Waals surface area contributed by atoms with E-state index in [9.17, 15) is 9.59 Å². The van der Waals surface area contributed by atoms with Gasteiger partial charge in [0.2, 0.25) is 0 Å². The highest BCUT2D eigenvalue weighted by Gasteiger charge is 2.39. The van der Waals surface area contributed by atoms with Crippen molar-refractivity contribution in [3.63, 3.8) is 0 Å². The summed E-state index contributed by atoms with van der Waals surface area (Å²) >= 11 is 6.07. The van der Waals surface area contributed by atoms with Gasteiger partial charge in [-0.2, -0.15) is 0 Å². The fourth-order valence-electron chi connectivity index (χ4n) is 4.57. The summed E-state index contributed by atoms with van der Waals surface area (Å²) in [4.78, 5) is 26.0. The maximum Gasteiger partial charge on any atom is 0.336 e. The number of benzene rings is 2. The zero-order valence-corrected chi connectivity index (χ0v) is 20.3. The number of Topliss-reactive ketones (excluding diaryl/α,β-unsaturated/α-hetero) is 1. The zero-order chi connectivity index (χ0) is 24.2. The largest absolute Gasteiger partial charge is 0.493 e. The maximum absolute atomic E-state index is 13.0. The predicted octanol–water partition coefficient (Wildman–Crippen LogP) is 5.46.